The van der Waals surface area contributed by atoms with Crippen LogP contribution in [0.1, 0.15) is 0 Å². The van der Waals surface area contributed by atoms with Crippen molar-refractivity contribution in [1.29, 1.82) is 0 Å². The molecule has 2 aromatic heterocycles. The number of nitrogens with zero attached hydrogens (tertiary/aromatic N) is 2. The third kappa shape index (κ3) is 2.21. The topological polar surface area (TPSA) is 17.3 Å². The van der Waals surface area contributed by atoms with Crippen molar-refractivity contribution >= 4 is 44.1 Å². The predicted octanol–water partition coefficient (Wildman–Crippen LogP) is 4.18. The summed E-state index contributed by atoms with van der Waals surface area (Å²) in [5.74, 6) is 0. The summed E-state index contributed by atoms with van der Waals surface area (Å²) in [5, 5.41) is 6.42. The quantitative estimate of drug-likeness (QED) is 0.414. The average molecular weight is 400 g/mol. The van der Waals surface area contributed by atoms with Crippen LogP contribution >= 0.6 is 17.9 Å². The standard InChI is InChI=1S/C24H21N2PS/c1-27(20-11-5-2-6-12-20,21-13-7-3-8-14-21,22-15-9-4-10-16-22)23-18-28-24-17-25-19-26(23)24/h2-19H,1H3. The SMILES string of the molecule is CP(c1ccccc1)(c1ccccc1)(c1ccccc1)c1csc2cncn12. The van der Waals surface area contributed by atoms with E-state index < -0.39 is 6.60 Å². The van der Waals surface area contributed by atoms with E-state index in [1.54, 1.807) is 11.3 Å². The van der Waals surface area contributed by atoms with Gasteiger partial charge in [-0.25, -0.2) is 0 Å². The molecule has 0 amide bonds. The van der Waals surface area contributed by atoms with Crippen molar-refractivity contribution in [2.24, 2.45) is 0 Å². The van der Waals surface area contributed by atoms with Crippen LogP contribution in [0.25, 0.3) is 4.83 Å². The summed E-state index contributed by atoms with van der Waals surface area (Å²) in [4.78, 5) is 5.62. The van der Waals surface area contributed by atoms with Crippen molar-refractivity contribution in [3.63, 3.8) is 0 Å². The Morgan fingerprint density at radius 1 is 0.714 bits per heavy atom. The third-order valence-electron chi connectivity index (χ3n) is 5.91. The van der Waals surface area contributed by atoms with Crippen LogP contribution in [-0.2, 0) is 0 Å². The fourth-order valence-electron chi connectivity index (χ4n) is 4.36. The Morgan fingerprint density at radius 3 is 1.64 bits per heavy atom. The zero-order chi connectivity index (χ0) is 19.1. The fourth-order valence-corrected chi connectivity index (χ4v) is 11.5. The molecule has 138 valence electrons. The molecule has 0 saturated heterocycles. The van der Waals surface area contributed by atoms with E-state index >= 15 is 0 Å². The number of hydrogen-bond donors (Lipinski definition) is 0. The van der Waals surface area contributed by atoms with Gasteiger partial charge in [-0.05, 0) is 0 Å². The molecule has 4 heteroatoms. The van der Waals surface area contributed by atoms with Crippen LogP contribution in [-0.4, -0.2) is 16.0 Å². The first-order valence-corrected chi connectivity index (χ1v) is 12.9. The van der Waals surface area contributed by atoms with Gasteiger partial charge in [0.1, 0.15) is 0 Å². The van der Waals surface area contributed by atoms with E-state index in [1.807, 2.05) is 12.5 Å². The zero-order valence-corrected chi connectivity index (χ0v) is 17.4. The first kappa shape index (κ1) is 17.4. The second-order valence-corrected chi connectivity index (χ2v) is 13.3. The maximum atomic E-state index is 4.44. The van der Waals surface area contributed by atoms with Crippen molar-refractivity contribution < 1.29 is 0 Å². The number of hydrogen-bond acceptors (Lipinski definition) is 2. The molecule has 0 N–H and O–H groups in total. The molecule has 5 rings (SSSR count). The third-order valence-corrected chi connectivity index (χ3v) is 13.2. The molecule has 0 fully saturated rings. The van der Waals surface area contributed by atoms with Crippen LogP contribution in [0.4, 0.5) is 0 Å². The minimum absolute atomic E-state index is 1.17. The van der Waals surface area contributed by atoms with E-state index in [9.17, 15) is 0 Å². The second-order valence-electron chi connectivity index (χ2n) is 7.27. The Morgan fingerprint density at radius 2 is 1.18 bits per heavy atom. The molecule has 5 aromatic rings. The van der Waals surface area contributed by atoms with Crippen molar-refractivity contribution in [3.8, 4) is 0 Å². The van der Waals surface area contributed by atoms with Crippen LogP contribution in [0, 0.1) is 0 Å². The molecule has 0 unspecified atom stereocenters. The van der Waals surface area contributed by atoms with Crippen LogP contribution in [0.15, 0.2) is 109 Å². The molecule has 3 aromatic carbocycles. The number of imidazole rings is 1. The van der Waals surface area contributed by atoms with Gasteiger partial charge in [0.15, 0.2) is 0 Å². The van der Waals surface area contributed by atoms with Crippen LogP contribution in [0.5, 0.6) is 0 Å². The zero-order valence-electron chi connectivity index (χ0n) is 15.6. The number of aromatic nitrogens is 2. The minimum atomic E-state index is -2.96. The molecule has 2 heterocycles. The van der Waals surface area contributed by atoms with Gasteiger partial charge in [-0.15, -0.1) is 0 Å². The number of rotatable bonds is 4. The van der Waals surface area contributed by atoms with Gasteiger partial charge in [0.25, 0.3) is 0 Å². The summed E-state index contributed by atoms with van der Waals surface area (Å²) in [5.41, 5.74) is 1.33. The molecule has 0 aliphatic rings. The van der Waals surface area contributed by atoms with Gasteiger partial charge >= 0.3 is 169 Å². The summed E-state index contributed by atoms with van der Waals surface area (Å²) in [6.45, 7) is -0.485. The summed E-state index contributed by atoms with van der Waals surface area (Å²) in [6.07, 6.45) is 3.91. The molecule has 28 heavy (non-hydrogen) atoms. The van der Waals surface area contributed by atoms with E-state index in [1.165, 1.54) is 26.2 Å². The van der Waals surface area contributed by atoms with Crippen molar-refractivity contribution in [2.45, 2.75) is 0 Å². The molecule has 0 aliphatic heterocycles. The Labute approximate surface area is 169 Å². The van der Waals surface area contributed by atoms with E-state index in [0.717, 1.165) is 0 Å². The summed E-state index contributed by atoms with van der Waals surface area (Å²) < 4.78 is 2.29. The van der Waals surface area contributed by atoms with Gasteiger partial charge < -0.3 is 0 Å². The van der Waals surface area contributed by atoms with Gasteiger partial charge in [-0.3, -0.25) is 0 Å². The first-order valence-electron chi connectivity index (χ1n) is 9.31. The van der Waals surface area contributed by atoms with Gasteiger partial charge in [0, 0.05) is 0 Å². The summed E-state index contributed by atoms with van der Waals surface area (Å²) in [6, 6.07) is 33.0. The Hall–Kier alpha value is -2.74. The molecular weight excluding hydrogens is 379 g/mol. The summed E-state index contributed by atoms with van der Waals surface area (Å²) >= 11 is 1.76. The molecule has 0 spiro atoms. The fraction of sp³-hybridized carbons (Fsp3) is 0.0417. The van der Waals surface area contributed by atoms with Crippen molar-refractivity contribution in [1.82, 2.24) is 9.38 Å². The summed E-state index contributed by atoms with van der Waals surface area (Å²) in [7, 11) is 0. The number of fused-ring (bicyclic) bond motifs is 1. The first-order chi connectivity index (χ1) is 13.7. The maximum absolute atomic E-state index is 4.44. The second kappa shape index (κ2) is 6.41. The van der Waals surface area contributed by atoms with E-state index in [4.69, 9.17) is 0 Å². The van der Waals surface area contributed by atoms with Gasteiger partial charge in [0.2, 0.25) is 0 Å². The van der Waals surface area contributed by atoms with Gasteiger partial charge in [-0.2, -0.15) is 0 Å². The Balaban J connectivity index is 2.04. The van der Waals surface area contributed by atoms with Crippen molar-refractivity contribution in [2.75, 3.05) is 6.66 Å². The monoisotopic (exact) mass is 400 g/mol. The van der Waals surface area contributed by atoms with E-state index in [-0.39, 0.29) is 0 Å². The number of thiazole rings is 1. The number of benzene rings is 3. The average Bonchev–Trinajstić information content (AvgIpc) is 3.40. The van der Waals surface area contributed by atoms with E-state index in [0.29, 0.717) is 0 Å². The molecule has 2 nitrogen and oxygen atoms in total. The van der Waals surface area contributed by atoms with Gasteiger partial charge in [-0.1, -0.05) is 0 Å². The van der Waals surface area contributed by atoms with E-state index in [2.05, 4.69) is 112 Å². The Bertz CT molecular complexity index is 1130. The molecule has 0 saturated carbocycles. The van der Waals surface area contributed by atoms with Crippen LogP contribution < -0.4 is 21.3 Å². The van der Waals surface area contributed by atoms with Crippen LogP contribution in [0.2, 0.25) is 0 Å². The Kier molecular flexibility index (Phi) is 3.97. The normalized spacial score (nSPS) is 13.2. The molecule has 0 bridgehead atoms. The molecule has 0 atom stereocenters. The molecular formula is C24H21N2PS. The van der Waals surface area contributed by atoms with Gasteiger partial charge in [0.05, 0.1) is 0 Å². The molecule has 0 radical (unpaired) electrons. The van der Waals surface area contributed by atoms with Crippen LogP contribution in [0.3, 0.4) is 0 Å². The predicted molar refractivity (Wildman–Crippen MR) is 124 cm³/mol. The van der Waals surface area contributed by atoms with Crippen molar-refractivity contribution in [3.05, 3.63) is 109 Å². The molecule has 0 aliphatic carbocycles.